The van der Waals surface area contributed by atoms with E-state index in [1.165, 1.54) is 46.4 Å². The Kier molecular flexibility index (Phi) is 6.54. The van der Waals surface area contributed by atoms with Crippen LogP contribution < -0.4 is 10.6 Å². The van der Waals surface area contributed by atoms with E-state index in [-0.39, 0.29) is 29.7 Å². The summed E-state index contributed by atoms with van der Waals surface area (Å²) in [4.78, 5) is 31.5. The van der Waals surface area contributed by atoms with Gasteiger partial charge in [-0.05, 0) is 79.3 Å². The highest BCUT2D eigenvalue weighted by molar-refractivity contribution is 7.14. The SMILES string of the molecule is CC1CCC(NC(=O)c2ccc(-c3csc(NC(=O)C4(C)CC5c6ccccc6C4c4ccccc45)n3)cc2)CC1. The van der Waals surface area contributed by atoms with Crippen LogP contribution in [-0.4, -0.2) is 22.8 Å². The molecule has 4 aliphatic carbocycles. The third-order valence-corrected chi connectivity index (χ3v) is 10.4. The number of nitrogens with zero attached hydrogens (tertiary/aromatic N) is 1. The van der Waals surface area contributed by atoms with Crippen LogP contribution in [-0.2, 0) is 4.79 Å². The molecule has 3 aromatic carbocycles. The zero-order chi connectivity index (χ0) is 28.1. The second-order valence-corrected chi connectivity index (χ2v) is 13.2. The molecule has 1 saturated carbocycles. The number of rotatable bonds is 5. The third-order valence-electron chi connectivity index (χ3n) is 9.67. The first-order valence-corrected chi connectivity index (χ1v) is 15.6. The molecule has 0 spiro atoms. The monoisotopic (exact) mass is 561 g/mol. The Morgan fingerprint density at radius 3 is 2.10 bits per heavy atom. The van der Waals surface area contributed by atoms with Gasteiger partial charge in [-0.3, -0.25) is 9.59 Å². The fourth-order valence-electron chi connectivity index (χ4n) is 7.36. The number of carbonyl (C=O) groups excluding carboxylic acids is 2. The molecule has 208 valence electrons. The molecule has 4 aromatic rings. The Bertz CT molecular complexity index is 1570. The molecule has 1 fully saturated rings. The molecule has 2 N–H and O–H groups in total. The Balaban J connectivity index is 1.07. The van der Waals surface area contributed by atoms with Crippen molar-refractivity contribution in [1.82, 2.24) is 10.3 Å². The van der Waals surface area contributed by atoms with Crippen LogP contribution in [0.4, 0.5) is 5.13 Å². The Hall–Kier alpha value is -3.77. The Morgan fingerprint density at radius 2 is 1.46 bits per heavy atom. The number of fused-ring (bicyclic) bond motifs is 1. The molecule has 0 aliphatic heterocycles. The van der Waals surface area contributed by atoms with Crippen molar-refractivity contribution in [3.8, 4) is 11.3 Å². The fourth-order valence-corrected chi connectivity index (χ4v) is 8.07. The van der Waals surface area contributed by atoms with Gasteiger partial charge in [0.25, 0.3) is 5.91 Å². The minimum absolute atomic E-state index is 0.00929. The number of nitrogens with one attached hydrogen (secondary N) is 2. The van der Waals surface area contributed by atoms with E-state index in [0.717, 1.165) is 36.4 Å². The van der Waals surface area contributed by atoms with Crippen molar-refractivity contribution < 1.29 is 9.59 Å². The summed E-state index contributed by atoms with van der Waals surface area (Å²) < 4.78 is 0. The summed E-state index contributed by atoms with van der Waals surface area (Å²) in [5, 5.41) is 8.94. The van der Waals surface area contributed by atoms with E-state index in [9.17, 15) is 9.59 Å². The highest BCUT2D eigenvalue weighted by Crippen LogP contribution is 2.61. The van der Waals surface area contributed by atoms with Crippen molar-refractivity contribution in [2.75, 3.05) is 5.32 Å². The van der Waals surface area contributed by atoms with Crippen LogP contribution in [0.1, 0.15) is 90.4 Å². The minimum Gasteiger partial charge on any atom is -0.349 e. The Morgan fingerprint density at radius 1 is 0.854 bits per heavy atom. The molecule has 1 heterocycles. The lowest BCUT2D eigenvalue weighted by molar-refractivity contribution is -0.126. The summed E-state index contributed by atoms with van der Waals surface area (Å²) >= 11 is 1.44. The molecule has 6 heteroatoms. The number of aromatic nitrogens is 1. The lowest BCUT2D eigenvalue weighted by atomic mass is 9.52. The summed E-state index contributed by atoms with van der Waals surface area (Å²) in [5.41, 5.74) is 7.04. The van der Waals surface area contributed by atoms with Crippen molar-refractivity contribution in [2.45, 2.75) is 63.8 Å². The predicted octanol–water partition coefficient (Wildman–Crippen LogP) is 7.74. The molecule has 4 aliphatic rings. The molecule has 1 atom stereocenters. The molecule has 0 saturated heterocycles. The molecule has 2 bridgehead atoms. The normalized spacial score (nSPS) is 26.1. The van der Waals surface area contributed by atoms with Gasteiger partial charge >= 0.3 is 0 Å². The van der Waals surface area contributed by atoms with Gasteiger partial charge < -0.3 is 10.6 Å². The molecule has 8 rings (SSSR count). The van der Waals surface area contributed by atoms with Crippen molar-refractivity contribution in [1.29, 1.82) is 0 Å². The van der Waals surface area contributed by atoms with E-state index in [4.69, 9.17) is 4.98 Å². The van der Waals surface area contributed by atoms with Crippen LogP contribution in [0.3, 0.4) is 0 Å². The molecule has 1 unspecified atom stereocenters. The molecule has 0 radical (unpaired) electrons. The van der Waals surface area contributed by atoms with Gasteiger partial charge in [0.15, 0.2) is 5.13 Å². The van der Waals surface area contributed by atoms with Crippen molar-refractivity contribution in [3.63, 3.8) is 0 Å². The van der Waals surface area contributed by atoms with Crippen LogP contribution in [0.25, 0.3) is 11.3 Å². The standard InChI is InChI=1S/C35H35N3O2S/c1-21-11-17-24(18-12-21)36-32(39)23-15-13-22(14-16-23)30-20-41-34(37-30)38-33(40)35(2)19-29-25-7-3-5-9-27(25)31(35)28-10-6-4-8-26(28)29/h3-10,13-16,20-21,24,29,31H,11-12,17-19H2,1-2H3,(H,36,39)(H,37,38,40). The van der Waals surface area contributed by atoms with Gasteiger partial charge in [0.05, 0.1) is 11.1 Å². The summed E-state index contributed by atoms with van der Waals surface area (Å²) in [6, 6.07) is 25.1. The largest absolute Gasteiger partial charge is 0.349 e. The second-order valence-electron chi connectivity index (χ2n) is 12.4. The highest BCUT2D eigenvalue weighted by atomic mass is 32.1. The van der Waals surface area contributed by atoms with Crippen LogP contribution in [0.5, 0.6) is 0 Å². The number of carbonyl (C=O) groups is 2. The number of hydrogen-bond acceptors (Lipinski definition) is 4. The maximum atomic E-state index is 14.0. The topological polar surface area (TPSA) is 71.1 Å². The predicted molar refractivity (Wildman–Crippen MR) is 164 cm³/mol. The number of hydrogen-bond donors (Lipinski definition) is 2. The van der Waals surface area contributed by atoms with Crippen LogP contribution in [0.2, 0.25) is 0 Å². The first kappa shape index (κ1) is 26.1. The van der Waals surface area contributed by atoms with Gasteiger partial charge in [0.1, 0.15) is 0 Å². The maximum Gasteiger partial charge on any atom is 0.251 e. The van der Waals surface area contributed by atoms with Gasteiger partial charge in [-0.25, -0.2) is 4.98 Å². The van der Waals surface area contributed by atoms with Gasteiger partial charge in [0.2, 0.25) is 5.91 Å². The van der Waals surface area contributed by atoms with Crippen molar-refractivity contribution >= 4 is 28.3 Å². The number of amides is 2. The van der Waals surface area contributed by atoms with Gasteiger partial charge in [-0.1, -0.05) is 67.6 Å². The third kappa shape index (κ3) is 4.58. The van der Waals surface area contributed by atoms with Crippen molar-refractivity contribution in [3.05, 3.63) is 106 Å². The minimum atomic E-state index is -0.579. The maximum absolute atomic E-state index is 14.0. The van der Waals surface area contributed by atoms with Crippen molar-refractivity contribution in [2.24, 2.45) is 11.3 Å². The zero-order valence-electron chi connectivity index (χ0n) is 23.5. The zero-order valence-corrected chi connectivity index (χ0v) is 24.3. The lowest BCUT2D eigenvalue weighted by Gasteiger charge is -2.50. The molecule has 1 aromatic heterocycles. The molecule has 2 amide bonds. The summed E-state index contributed by atoms with van der Waals surface area (Å²) in [6.07, 6.45) is 5.23. The van der Waals surface area contributed by atoms with E-state index in [0.29, 0.717) is 10.7 Å². The number of thiazole rings is 1. The van der Waals surface area contributed by atoms with Crippen LogP contribution in [0, 0.1) is 11.3 Å². The lowest BCUT2D eigenvalue weighted by Crippen LogP contribution is -2.47. The molecule has 41 heavy (non-hydrogen) atoms. The van der Waals surface area contributed by atoms with E-state index < -0.39 is 5.41 Å². The Labute approximate surface area is 245 Å². The fraction of sp³-hybridized carbons (Fsp3) is 0.343. The van der Waals surface area contributed by atoms with E-state index in [1.807, 2.05) is 29.6 Å². The average Bonchev–Trinajstić information content (AvgIpc) is 3.47. The molecule has 5 nitrogen and oxygen atoms in total. The summed E-state index contributed by atoms with van der Waals surface area (Å²) in [7, 11) is 0. The summed E-state index contributed by atoms with van der Waals surface area (Å²) in [5.74, 6) is 0.980. The van der Waals surface area contributed by atoms with Gasteiger partial charge in [0, 0.05) is 34.4 Å². The average molecular weight is 562 g/mol. The van der Waals surface area contributed by atoms with Crippen LogP contribution >= 0.6 is 11.3 Å². The highest BCUT2D eigenvalue weighted by Gasteiger charge is 2.54. The van der Waals surface area contributed by atoms with Gasteiger partial charge in [-0.15, -0.1) is 11.3 Å². The van der Waals surface area contributed by atoms with E-state index in [1.54, 1.807) is 0 Å². The molecular formula is C35H35N3O2S. The number of anilines is 1. The van der Waals surface area contributed by atoms with Gasteiger partial charge in [-0.2, -0.15) is 0 Å². The molecular weight excluding hydrogens is 526 g/mol. The quantitative estimate of drug-likeness (QED) is 0.262. The first-order valence-electron chi connectivity index (χ1n) is 14.8. The van der Waals surface area contributed by atoms with E-state index in [2.05, 4.69) is 73.0 Å². The second kappa shape index (κ2) is 10.3. The van der Waals surface area contributed by atoms with Crippen LogP contribution in [0.15, 0.2) is 78.2 Å². The smallest absolute Gasteiger partial charge is 0.251 e. The van der Waals surface area contributed by atoms with E-state index >= 15 is 0 Å². The first-order chi connectivity index (χ1) is 19.9. The summed E-state index contributed by atoms with van der Waals surface area (Å²) in [6.45, 7) is 4.39. The number of benzene rings is 3.